The summed E-state index contributed by atoms with van der Waals surface area (Å²) in [4.78, 5) is 21.5. The van der Waals surface area contributed by atoms with Crippen LogP contribution in [0.4, 0.5) is 5.69 Å². The van der Waals surface area contributed by atoms with Crippen LogP contribution in [0.1, 0.15) is 34.1 Å². The highest BCUT2D eigenvalue weighted by molar-refractivity contribution is 5.81. The summed E-state index contributed by atoms with van der Waals surface area (Å²) in [6.45, 7) is 7.93. The van der Waals surface area contributed by atoms with Gasteiger partial charge in [-0.1, -0.05) is 30.3 Å². The van der Waals surface area contributed by atoms with Gasteiger partial charge < -0.3 is 14.6 Å². The first-order valence-corrected chi connectivity index (χ1v) is 14.1. The number of methoxy groups -OCH3 is 1. The molecule has 1 atom stereocenters. The lowest BCUT2D eigenvalue weighted by atomic mass is 10.00. The van der Waals surface area contributed by atoms with Crippen molar-refractivity contribution in [2.24, 2.45) is 0 Å². The minimum absolute atomic E-state index is 0.110. The third kappa shape index (κ3) is 5.58. The molecule has 0 unspecified atom stereocenters. The monoisotopic (exact) mass is 549 g/mol. The van der Waals surface area contributed by atoms with Crippen LogP contribution in [0.25, 0.3) is 10.9 Å². The van der Waals surface area contributed by atoms with Gasteiger partial charge in [-0.15, -0.1) is 5.10 Å². The quantitative estimate of drug-likeness (QED) is 0.309. The standard InChI is InChI=1S/C32H35N7O2/c1-22-19-25-21-28(32(40)33-29(25)20-23(22)2)30(31-34-35-36-39(31)14-13-24-7-5-4-6-8-24)38-17-15-37(16-18-38)26-9-11-27(41-3)12-10-26/h4-12,19-21,30H,13-18H2,1-3H3,(H,33,40)/t30-/m1/s1. The Labute approximate surface area is 239 Å². The summed E-state index contributed by atoms with van der Waals surface area (Å²) in [5.74, 6) is 1.53. The van der Waals surface area contributed by atoms with E-state index in [1.165, 1.54) is 11.1 Å². The first kappa shape index (κ1) is 26.7. The van der Waals surface area contributed by atoms with Crippen molar-refractivity contribution >= 4 is 16.6 Å². The summed E-state index contributed by atoms with van der Waals surface area (Å²) >= 11 is 0. The van der Waals surface area contributed by atoms with E-state index < -0.39 is 0 Å². The number of ether oxygens (including phenoxy) is 1. The predicted molar refractivity (Wildman–Crippen MR) is 161 cm³/mol. The molecule has 5 aromatic rings. The van der Waals surface area contributed by atoms with Gasteiger partial charge in [-0.25, -0.2) is 4.68 Å². The molecule has 9 nitrogen and oxygen atoms in total. The highest BCUT2D eigenvalue weighted by Gasteiger charge is 2.32. The number of hydrogen-bond acceptors (Lipinski definition) is 7. The Morgan fingerprint density at radius 1 is 0.927 bits per heavy atom. The number of pyridine rings is 1. The number of aromatic amines is 1. The second-order valence-corrected chi connectivity index (χ2v) is 10.7. The van der Waals surface area contributed by atoms with Crippen LogP contribution >= 0.6 is 0 Å². The average molecular weight is 550 g/mol. The number of tetrazole rings is 1. The van der Waals surface area contributed by atoms with Gasteiger partial charge in [0.1, 0.15) is 11.8 Å². The number of aromatic nitrogens is 5. The van der Waals surface area contributed by atoms with Gasteiger partial charge in [-0.2, -0.15) is 0 Å². The van der Waals surface area contributed by atoms with Crippen molar-refractivity contribution in [3.8, 4) is 5.75 Å². The summed E-state index contributed by atoms with van der Waals surface area (Å²) in [7, 11) is 1.68. The first-order chi connectivity index (χ1) is 20.0. The molecule has 0 aliphatic carbocycles. The van der Waals surface area contributed by atoms with Crippen molar-refractivity contribution in [1.29, 1.82) is 0 Å². The summed E-state index contributed by atoms with van der Waals surface area (Å²) in [5.41, 5.74) is 6.10. The average Bonchev–Trinajstić information content (AvgIpc) is 3.46. The van der Waals surface area contributed by atoms with Gasteiger partial charge in [0.15, 0.2) is 5.82 Å². The molecule has 0 bridgehead atoms. The number of aryl methyl sites for hydroxylation is 4. The van der Waals surface area contributed by atoms with Gasteiger partial charge in [0.25, 0.3) is 5.56 Å². The first-order valence-electron chi connectivity index (χ1n) is 14.1. The zero-order chi connectivity index (χ0) is 28.3. The Morgan fingerprint density at radius 2 is 1.66 bits per heavy atom. The molecule has 9 heteroatoms. The van der Waals surface area contributed by atoms with Crippen LogP contribution in [0.15, 0.2) is 77.6 Å². The lowest BCUT2D eigenvalue weighted by molar-refractivity contribution is 0.199. The molecule has 3 aromatic carbocycles. The van der Waals surface area contributed by atoms with Gasteiger partial charge in [0, 0.05) is 49.5 Å². The molecule has 1 fully saturated rings. The van der Waals surface area contributed by atoms with Crippen LogP contribution < -0.4 is 15.2 Å². The lowest BCUT2D eigenvalue weighted by Crippen LogP contribution is -2.49. The zero-order valence-corrected chi connectivity index (χ0v) is 23.7. The van der Waals surface area contributed by atoms with Crippen molar-refractivity contribution in [2.45, 2.75) is 32.9 Å². The highest BCUT2D eigenvalue weighted by atomic mass is 16.5. The van der Waals surface area contributed by atoms with E-state index in [-0.39, 0.29) is 11.6 Å². The second-order valence-electron chi connectivity index (χ2n) is 10.7. The minimum Gasteiger partial charge on any atom is -0.497 e. The molecular formula is C32H35N7O2. The number of benzene rings is 3. The highest BCUT2D eigenvalue weighted by Crippen LogP contribution is 2.30. The maximum atomic E-state index is 13.7. The number of nitrogens with one attached hydrogen (secondary N) is 1. The number of hydrogen-bond donors (Lipinski definition) is 1. The molecule has 210 valence electrons. The minimum atomic E-state index is -0.381. The van der Waals surface area contributed by atoms with Crippen LogP contribution in [-0.2, 0) is 13.0 Å². The van der Waals surface area contributed by atoms with Gasteiger partial charge in [-0.3, -0.25) is 9.69 Å². The fourth-order valence-corrected chi connectivity index (χ4v) is 5.67. The Hall–Kier alpha value is -4.50. The van der Waals surface area contributed by atoms with Crippen LogP contribution in [-0.4, -0.2) is 63.4 Å². The normalized spacial score (nSPS) is 14.9. The third-order valence-electron chi connectivity index (χ3n) is 8.16. The number of H-pyrrole nitrogens is 1. The van der Waals surface area contributed by atoms with Gasteiger partial charge in [0.05, 0.1) is 7.11 Å². The Kier molecular flexibility index (Phi) is 7.52. The van der Waals surface area contributed by atoms with Crippen LogP contribution in [0.5, 0.6) is 5.75 Å². The summed E-state index contributed by atoms with van der Waals surface area (Å²) in [6, 6.07) is 24.3. The van der Waals surface area contributed by atoms with E-state index in [9.17, 15) is 4.79 Å². The Balaban J connectivity index is 1.34. The predicted octanol–water partition coefficient (Wildman–Crippen LogP) is 4.29. The van der Waals surface area contributed by atoms with Crippen molar-refractivity contribution in [3.63, 3.8) is 0 Å². The SMILES string of the molecule is COc1ccc(N2CCN([C@H](c3cc4cc(C)c(C)cc4[nH]c3=O)c3nnnn3CCc3ccccc3)CC2)cc1. The van der Waals surface area contributed by atoms with Gasteiger partial charge in [0.2, 0.25) is 0 Å². The molecule has 2 aromatic heterocycles. The Bertz CT molecular complexity index is 1690. The van der Waals surface area contributed by atoms with Crippen molar-refractivity contribution < 1.29 is 4.74 Å². The van der Waals surface area contributed by atoms with E-state index in [1.54, 1.807) is 7.11 Å². The third-order valence-corrected chi connectivity index (χ3v) is 8.16. The maximum absolute atomic E-state index is 13.7. The molecule has 1 N–H and O–H groups in total. The van der Waals surface area contributed by atoms with E-state index in [4.69, 9.17) is 4.74 Å². The smallest absolute Gasteiger partial charge is 0.253 e. The van der Waals surface area contributed by atoms with E-state index >= 15 is 0 Å². The van der Waals surface area contributed by atoms with Crippen LogP contribution in [0.3, 0.4) is 0 Å². The number of fused-ring (bicyclic) bond motifs is 1. The van der Waals surface area contributed by atoms with Crippen LogP contribution in [0.2, 0.25) is 0 Å². The maximum Gasteiger partial charge on any atom is 0.253 e. The molecule has 1 saturated heterocycles. The van der Waals surface area contributed by atoms with Crippen LogP contribution in [0, 0.1) is 13.8 Å². The van der Waals surface area contributed by atoms with E-state index in [1.807, 2.05) is 47.1 Å². The largest absolute Gasteiger partial charge is 0.497 e. The molecule has 1 aliphatic rings. The van der Waals surface area contributed by atoms with Crippen molar-refractivity contribution in [1.82, 2.24) is 30.1 Å². The fraction of sp³-hybridized carbons (Fsp3) is 0.312. The molecule has 0 saturated carbocycles. The van der Waals surface area contributed by atoms with Crippen molar-refractivity contribution in [2.75, 3.05) is 38.2 Å². The molecule has 6 rings (SSSR count). The molecular weight excluding hydrogens is 514 g/mol. The molecule has 3 heterocycles. The van der Waals surface area contributed by atoms with Crippen molar-refractivity contribution in [3.05, 3.63) is 111 Å². The number of rotatable bonds is 8. The fourth-order valence-electron chi connectivity index (χ4n) is 5.67. The summed E-state index contributed by atoms with van der Waals surface area (Å²) in [5, 5.41) is 14.0. The molecule has 41 heavy (non-hydrogen) atoms. The number of anilines is 1. The molecule has 1 aliphatic heterocycles. The molecule has 0 spiro atoms. The number of nitrogens with zero attached hydrogens (tertiary/aromatic N) is 6. The summed E-state index contributed by atoms with van der Waals surface area (Å²) < 4.78 is 7.19. The van der Waals surface area contributed by atoms with E-state index in [0.717, 1.165) is 60.5 Å². The van der Waals surface area contributed by atoms with Gasteiger partial charge in [-0.05, 0) is 95.2 Å². The summed E-state index contributed by atoms with van der Waals surface area (Å²) in [6.07, 6.45) is 0.795. The second kappa shape index (κ2) is 11.5. The molecule has 0 amide bonds. The lowest BCUT2D eigenvalue weighted by Gasteiger charge is -2.39. The molecule has 0 radical (unpaired) electrons. The zero-order valence-electron chi connectivity index (χ0n) is 23.7. The Morgan fingerprint density at radius 3 is 2.39 bits per heavy atom. The van der Waals surface area contributed by atoms with E-state index in [0.29, 0.717) is 17.9 Å². The topological polar surface area (TPSA) is 92.2 Å². The van der Waals surface area contributed by atoms with Gasteiger partial charge >= 0.3 is 0 Å². The van der Waals surface area contributed by atoms with E-state index in [2.05, 4.69) is 74.5 Å². The number of piperazine rings is 1.